The van der Waals surface area contributed by atoms with Gasteiger partial charge in [0.15, 0.2) is 17.5 Å². The van der Waals surface area contributed by atoms with Gasteiger partial charge in [0.2, 0.25) is 0 Å². The Hall–Kier alpha value is -6.65. The highest BCUT2D eigenvalue weighted by molar-refractivity contribution is 6.14. The Balaban J connectivity index is 1.21. The smallest absolute Gasteiger partial charge is 0.164 e. The van der Waals surface area contributed by atoms with Gasteiger partial charge in [-0.05, 0) is 52.4 Å². The van der Waals surface area contributed by atoms with Crippen molar-refractivity contribution in [2.75, 3.05) is 0 Å². The van der Waals surface area contributed by atoms with E-state index in [1.54, 1.807) is 0 Å². The first kappa shape index (κ1) is 29.3. The van der Waals surface area contributed by atoms with Crippen LogP contribution in [0.3, 0.4) is 0 Å². The molecule has 0 N–H and O–H groups in total. The number of aromatic nitrogens is 3. The molecule has 2 aromatic heterocycles. The minimum atomic E-state index is -0.405. The summed E-state index contributed by atoms with van der Waals surface area (Å²) in [5.74, 6) is 1.91. The molecule has 0 radical (unpaired) electrons. The topological polar surface area (TPSA) is 51.8 Å². The number of hydrogen-bond acceptors (Lipinski definition) is 4. The summed E-state index contributed by atoms with van der Waals surface area (Å²) in [6.07, 6.45) is 0. The SMILES string of the molecule is CC1(c2ccccc2)c2ccccc2-c2cc3c(oc4ccccc43)c(-c3ccc(-c4nc(-c5ccccc5)nc(-c5ccccc5)n4)cc3)c21. The van der Waals surface area contributed by atoms with E-state index in [1.165, 1.54) is 27.8 Å². The number of hydrogen-bond donors (Lipinski definition) is 0. The standard InChI is InChI=1S/C47H31N3O/c1-47(34-19-9-4-10-20-34)39-23-13-11-21-35(39)37-29-38-36-22-12-14-24-40(36)51-43(38)41(42(37)47)30-25-27-33(28-26-30)46-49-44(31-15-5-2-6-16-31)48-45(50-46)32-17-7-3-8-18-32/h2-29H,1H3. The van der Waals surface area contributed by atoms with Crippen molar-refractivity contribution in [2.45, 2.75) is 12.3 Å². The summed E-state index contributed by atoms with van der Waals surface area (Å²) in [6.45, 7) is 2.36. The average molecular weight is 654 g/mol. The highest BCUT2D eigenvalue weighted by atomic mass is 16.3. The summed E-state index contributed by atoms with van der Waals surface area (Å²) < 4.78 is 6.80. The maximum absolute atomic E-state index is 6.80. The fourth-order valence-corrected chi connectivity index (χ4v) is 7.95. The molecular formula is C47H31N3O. The third-order valence-corrected chi connectivity index (χ3v) is 10.4. The van der Waals surface area contributed by atoms with E-state index in [1.807, 2.05) is 66.7 Å². The van der Waals surface area contributed by atoms with Crippen molar-refractivity contribution in [3.63, 3.8) is 0 Å². The lowest BCUT2D eigenvalue weighted by atomic mass is 9.71. The van der Waals surface area contributed by atoms with Crippen molar-refractivity contribution in [3.05, 3.63) is 187 Å². The minimum Gasteiger partial charge on any atom is -0.455 e. The third-order valence-electron chi connectivity index (χ3n) is 10.4. The first-order valence-electron chi connectivity index (χ1n) is 17.3. The maximum Gasteiger partial charge on any atom is 0.164 e. The van der Waals surface area contributed by atoms with Crippen LogP contribution in [0.25, 0.3) is 78.4 Å². The lowest BCUT2D eigenvalue weighted by Crippen LogP contribution is -2.23. The monoisotopic (exact) mass is 653 g/mol. The second kappa shape index (κ2) is 11.5. The number of benzene rings is 7. The van der Waals surface area contributed by atoms with Crippen LogP contribution in [0.4, 0.5) is 0 Å². The van der Waals surface area contributed by atoms with E-state index in [9.17, 15) is 0 Å². The highest BCUT2D eigenvalue weighted by Crippen LogP contribution is 2.58. The molecule has 10 rings (SSSR count). The van der Waals surface area contributed by atoms with Crippen molar-refractivity contribution < 1.29 is 4.42 Å². The zero-order chi connectivity index (χ0) is 33.9. The van der Waals surface area contributed by atoms with Crippen molar-refractivity contribution in [1.82, 2.24) is 15.0 Å². The van der Waals surface area contributed by atoms with Gasteiger partial charge in [0.1, 0.15) is 11.2 Å². The molecule has 1 aliphatic rings. The first-order valence-corrected chi connectivity index (χ1v) is 17.3. The summed E-state index contributed by atoms with van der Waals surface area (Å²) >= 11 is 0. The molecule has 2 heterocycles. The molecule has 0 amide bonds. The fraction of sp³-hybridized carbons (Fsp3) is 0.0426. The summed E-state index contributed by atoms with van der Waals surface area (Å²) in [5, 5.41) is 2.24. The van der Waals surface area contributed by atoms with Crippen LogP contribution in [0.15, 0.2) is 174 Å². The van der Waals surface area contributed by atoms with Gasteiger partial charge < -0.3 is 4.42 Å². The van der Waals surface area contributed by atoms with Crippen molar-refractivity contribution in [3.8, 4) is 56.4 Å². The quantitative estimate of drug-likeness (QED) is 0.185. The molecule has 1 atom stereocenters. The number of furan rings is 1. The van der Waals surface area contributed by atoms with Crippen LogP contribution in [0.1, 0.15) is 23.6 Å². The van der Waals surface area contributed by atoms with Gasteiger partial charge in [-0.3, -0.25) is 0 Å². The van der Waals surface area contributed by atoms with Crippen molar-refractivity contribution >= 4 is 21.9 Å². The van der Waals surface area contributed by atoms with E-state index in [0.717, 1.165) is 49.8 Å². The van der Waals surface area contributed by atoms with Gasteiger partial charge in [-0.25, -0.2) is 15.0 Å². The van der Waals surface area contributed by atoms with E-state index in [2.05, 4.69) is 110 Å². The summed E-state index contributed by atoms with van der Waals surface area (Å²) in [6, 6.07) is 59.2. The molecule has 0 saturated heterocycles. The Morgan fingerprint density at radius 3 is 1.61 bits per heavy atom. The van der Waals surface area contributed by atoms with E-state index in [-0.39, 0.29) is 0 Å². The Labute approximate surface area is 295 Å². The van der Waals surface area contributed by atoms with Crippen LogP contribution in [0.5, 0.6) is 0 Å². The average Bonchev–Trinajstić information content (AvgIpc) is 3.71. The molecule has 0 aliphatic heterocycles. The van der Waals surface area contributed by atoms with Crippen molar-refractivity contribution in [2.24, 2.45) is 0 Å². The maximum atomic E-state index is 6.80. The molecule has 7 aromatic carbocycles. The van der Waals surface area contributed by atoms with Crippen LogP contribution in [-0.4, -0.2) is 15.0 Å². The lowest BCUT2D eigenvalue weighted by molar-refractivity contribution is 0.665. The second-order valence-corrected chi connectivity index (χ2v) is 13.3. The molecule has 0 bridgehead atoms. The summed E-state index contributed by atoms with van der Waals surface area (Å²) in [7, 11) is 0. The Morgan fingerprint density at radius 2 is 0.961 bits per heavy atom. The molecule has 1 unspecified atom stereocenters. The molecule has 0 fully saturated rings. The molecule has 0 spiro atoms. The van der Waals surface area contributed by atoms with E-state index < -0.39 is 5.41 Å². The molecule has 240 valence electrons. The molecule has 51 heavy (non-hydrogen) atoms. The number of para-hydroxylation sites is 1. The van der Waals surface area contributed by atoms with E-state index in [4.69, 9.17) is 19.4 Å². The number of rotatable bonds is 5. The van der Waals surface area contributed by atoms with Gasteiger partial charge in [-0.15, -0.1) is 0 Å². The zero-order valence-corrected chi connectivity index (χ0v) is 27.9. The van der Waals surface area contributed by atoms with Gasteiger partial charge in [0.25, 0.3) is 0 Å². The molecule has 4 heteroatoms. The predicted molar refractivity (Wildman–Crippen MR) is 206 cm³/mol. The highest BCUT2D eigenvalue weighted by Gasteiger charge is 2.44. The van der Waals surface area contributed by atoms with Gasteiger partial charge >= 0.3 is 0 Å². The first-order chi connectivity index (χ1) is 25.2. The molecule has 0 saturated carbocycles. The number of fused-ring (bicyclic) bond motifs is 6. The van der Waals surface area contributed by atoms with Gasteiger partial charge in [-0.1, -0.05) is 158 Å². The fourth-order valence-electron chi connectivity index (χ4n) is 7.95. The lowest BCUT2D eigenvalue weighted by Gasteiger charge is -2.30. The predicted octanol–water partition coefficient (Wildman–Crippen LogP) is 11.8. The van der Waals surface area contributed by atoms with E-state index in [0.29, 0.717) is 17.5 Å². The van der Waals surface area contributed by atoms with Crippen LogP contribution in [-0.2, 0) is 5.41 Å². The molecule has 1 aliphatic carbocycles. The van der Waals surface area contributed by atoms with Crippen molar-refractivity contribution in [1.29, 1.82) is 0 Å². The minimum absolute atomic E-state index is 0.405. The van der Waals surface area contributed by atoms with Gasteiger partial charge in [0, 0.05) is 38.4 Å². The van der Waals surface area contributed by atoms with Crippen LogP contribution < -0.4 is 0 Å². The summed E-state index contributed by atoms with van der Waals surface area (Å²) in [5.41, 5.74) is 12.7. The summed E-state index contributed by atoms with van der Waals surface area (Å²) in [4.78, 5) is 14.9. The van der Waals surface area contributed by atoms with E-state index >= 15 is 0 Å². The van der Waals surface area contributed by atoms with Gasteiger partial charge in [-0.2, -0.15) is 0 Å². The Morgan fingerprint density at radius 1 is 0.451 bits per heavy atom. The third kappa shape index (κ3) is 4.57. The number of nitrogens with zero attached hydrogens (tertiary/aromatic N) is 3. The molecular weight excluding hydrogens is 623 g/mol. The van der Waals surface area contributed by atoms with Crippen LogP contribution in [0, 0.1) is 0 Å². The zero-order valence-electron chi connectivity index (χ0n) is 27.9. The normalized spacial score (nSPS) is 14.8. The Kier molecular flexibility index (Phi) is 6.58. The molecule has 4 nitrogen and oxygen atoms in total. The largest absolute Gasteiger partial charge is 0.455 e. The van der Waals surface area contributed by atoms with Crippen LogP contribution >= 0.6 is 0 Å². The van der Waals surface area contributed by atoms with Crippen LogP contribution in [0.2, 0.25) is 0 Å². The van der Waals surface area contributed by atoms with Gasteiger partial charge in [0.05, 0.1) is 0 Å². The Bertz CT molecular complexity index is 2680. The molecule has 9 aromatic rings. The second-order valence-electron chi connectivity index (χ2n) is 13.3.